The van der Waals surface area contributed by atoms with Crippen LogP contribution in [-0.2, 0) is 0 Å². The Labute approximate surface area is 125 Å². The second kappa shape index (κ2) is 6.05. The highest BCUT2D eigenvalue weighted by atomic mass is 16.3. The van der Waals surface area contributed by atoms with Crippen molar-refractivity contribution in [1.82, 2.24) is 5.43 Å². The number of hydrogen-bond acceptors (Lipinski definition) is 4. The number of carbonyl (C=O) groups excluding carboxylic acids is 1. The Bertz CT molecular complexity index is 898. The van der Waals surface area contributed by atoms with E-state index in [0.717, 1.165) is 0 Å². The molecule has 22 heavy (non-hydrogen) atoms. The van der Waals surface area contributed by atoms with E-state index in [2.05, 4.69) is 10.5 Å². The van der Waals surface area contributed by atoms with Crippen molar-refractivity contribution >= 4 is 23.1 Å². The topological polar surface area (TPSA) is 71.7 Å². The molecule has 5 heteroatoms. The summed E-state index contributed by atoms with van der Waals surface area (Å²) >= 11 is 0. The van der Waals surface area contributed by atoms with Gasteiger partial charge in [0.2, 0.25) is 5.43 Å². The standard InChI is InChI=1S/C17H12N2O3/c20-16-13(11-22-15-9-5-4-8-14(15)16)10-18-19-17(21)12-6-2-1-3-7-12/h1-11H,(H,19,21)/b18-10-. The minimum atomic E-state index is -0.345. The molecule has 1 aromatic heterocycles. The van der Waals surface area contributed by atoms with Gasteiger partial charge in [-0.1, -0.05) is 30.3 Å². The van der Waals surface area contributed by atoms with Crippen LogP contribution in [0.4, 0.5) is 0 Å². The first-order valence-corrected chi connectivity index (χ1v) is 6.65. The van der Waals surface area contributed by atoms with Crippen molar-refractivity contribution in [3.05, 3.63) is 82.2 Å². The van der Waals surface area contributed by atoms with Crippen LogP contribution in [0.25, 0.3) is 11.0 Å². The molecule has 0 radical (unpaired) electrons. The lowest BCUT2D eigenvalue weighted by molar-refractivity contribution is 0.0955. The number of benzene rings is 2. The zero-order chi connectivity index (χ0) is 15.4. The Balaban J connectivity index is 1.80. The van der Waals surface area contributed by atoms with Gasteiger partial charge in [-0.15, -0.1) is 0 Å². The maximum Gasteiger partial charge on any atom is 0.271 e. The first-order chi connectivity index (χ1) is 10.8. The van der Waals surface area contributed by atoms with E-state index < -0.39 is 0 Å². The number of para-hydroxylation sites is 1. The van der Waals surface area contributed by atoms with E-state index in [1.54, 1.807) is 48.5 Å². The zero-order valence-corrected chi connectivity index (χ0v) is 11.5. The van der Waals surface area contributed by atoms with Crippen LogP contribution in [0, 0.1) is 0 Å². The predicted molar refractivity (Wildman–Crippen MR) is 84.0 cm³/mol. The molecule has 0 spiro atoms. The van der Waals surface area contributed by atoms with Crippen molar-refractivity contribution in [1.29, 1.82) is 0 Å². The molecule has 0 atom stereocenters. The van der Waals surface area contributed by atoms with E-state index in [9.17, 15) is 9.59 Å². The molecule has 1 amide bonds. The second-order valence-electron chi connectivity index (χ2n) is 4.58. The summed E-state index contributed by atoms with van der Waals surface area (Å²) in [5.74, 6) is -0.345. The lowest BCUT2D eigenvalue weighted by Gasteiger charge is -1.99. The Morgan fingerprint density at radius 2 is 1.77 bits per heavy atom. The van der Waals surface area contributed by atoms with Crippen LogP contribution in [0.15, 0.2) is 75.2 Å². The van der Waals surface area contributed by atoms with Crippen molar-refractivity contribution in [2.24, 2.45) is 5.10 Å². The Morgan fingerprint density at radius 1 is 1.05 bits per heavy atom. The number of rotatable bonds is 3. The van der Waals surface area contributed by atoms with Gasteiger partial charge in [0, 0.05) is 5.56 Å². The molecule has 0 aliphatic carbocycles. The van der Waals surface area contributed by atoms with Gasteiger partial charge in [-0.05, 0) is 24.3 Å². The molecule has 1 N–H and O–H groups in total. The van der Waals surface area contributed by atoms with E-state index in [1.807, 2.05) is 6.07 Å². The van der Waals surface area contributed by atoms with Crippen LogP contribution >= 0.6 is 0 Å². The zero-order valence-electron chi connectivity index (χ0n) is 11.5. The molecule has 2 aromatic carbocycles. The number of carbonyl (C=O) groups is 1. The average molecular weight is 292 g/mol. The van der Waals surface area contributed by atoms with Crippen LogP contribution in [0.1, 0.15) is 15.9 Å². The van der Waals surface area contributed by atoms with Gasteiger partial charge in [-0.25, -0.2) is 5.43 Å². The largest absolute Gasteiger partial charge is 0.463 e. The van der Waals surface area contributed by atoms with Gasteiger partial charge in [-0.3, -0.25) is 9.59 Å². The quantitative estimate of drug-likeness (QED) is 0.595. The summed E-state index contributed by atoms with van der Waals surface area (Å²) in [7, 11) is 0. The first kappa shape index (κ1) is 13.8. The monoisotopic (exact) mass is 292 g/mol. The van der Waals surface area contributed by atoms with Crippen molar-refractivity contribution in [3.63, 3.8) is 0 Å². The summed E-state index contributed by atoms with van der Waals surface area (Å²) < 4.78 is 5.36. The number of hydrogen-bond donors (Lipinski definition) is 1. The highest BCUT2D eigenvalue weighted by Crippen LogP contribution is 2.09. The van der Waals surface area contributed by atoms with Gasteiger partial charge in [0.05, 0.1) is 17.2 Å². The molecular weight excluding hydrogens is 280 g/mol. The molecule has 3 aromatic rings. The maximum absolute atomic E-state index is 12.2. The smallest absolute Gasteiger partial charge is 0.271 e. The van der Waals surface area contributed by atoms with E-state index in [4.69, 9.17) is 4.42 Å². The maximum atomic E-state index is 12.2. The predicted octanol–water partition coefficient (Wildman–Crippen LogP) is 2.56. The molecule has 0 saturated heterocycles. The van der Waals surface area contributed by atoms with Crippen LogP contribution in [-0.4, -0.2) is 12.1 Å². The summed E-state index contributed by atoms with van der Waals surface area (Å²) in [6.07, 6.45) is 2.60. The molecule has 0 fully saturated rings. The van der Waals surface area contributed by atoms with Crippen molar-refractivity contribution in [3.8, 4) is 0 Å². The molecule has 0 unspecified atom stereocenters. The summed E-state index contributed by atoms with van der Waals surface area (Å²) in [6.45, 7) is 0. The highest BCUT2D eigenvalue weighted by Gasteiger charge is 2.05. The third-order valence-electron chi connectivity index (χ3n) is 3.11. The lowest BCUT2D eigenvalue weighted by atomic mass is 10.2. The number of hydrazone groups is 1. The fourth-order valence-electron chi connectivity index (χ4n) is 2.00. The lowest BCUT2D eigenvalue weighted by Crippen LogP contribution is -2.18. The van der Waals surface area contributed by atoms with Crippen LogP contribution in [0.5, 0.6) is 0 Å². The van der Waals surface area contributed by atoms with Crippen molar-refractivity contribution in [2.45, 2.75) is 0 Å². The molecule has 1 heterocycles. The number of nitrogens with one attached hydrogen (secondary N) is 1. The Hall–Kier alpha value is -3.21. The molecule has 5 nitrogen and oxygen atoms in total. The number of nitrogens with zero attached hydrogens (tertiary/aromatic N) is 1. The van der Waals surface area contributed by atoms with Gasteiger partial charge in [0.25, 0.3) is 5.91 Å². The van der Waals surface area contributed by atoms with E-state index in [0.29, 0.717) is 16.5 Å². The minimum absolute atomic E-state index is 0.195. The molecule has 0 bridgehead atoms. The van der Waals surface area contributed by atoms with Gasteiger partial charge in [0.1, 0.15) is 11.8 Å². The van der Waals surface area contributed by atoms with E-state index in [1.165, 1.54) is 12.5 Å². The molecule has 0 aliphatic rings. The average Bonchev–Trinajstić information content (AvgIpc) is 2.58. The molecule has 0 aliphatic heterocycles. The first-order valence-electron chi connectivity index (χ1n) is 6.65. The molecular formula is C17H12N2O3. The van der Waals surface area contributed by atoms with Crippen molar-refractivity contribution < 1.29 is 9.21 Å². The highest BCUT2D eigenvalue weighted by molar-refractivity contribution is 5.95. The van der Waals surface area contributed by atoms with E-state index >= 15 is 0 Å². The van der Waals surface area contributed by atoms with Gasteiger partial charge in [0.15, 0.2) is 0 Å². The third kappa shape index (κ3) is 2.78. The summed E-state index contributed by atoms with van der Waals surface area (Å²) in [6, 6.07) is 15.6. The van der Waals surface area contributed by atoms with Crippen LogP contribution < -0.4 is 10.9 Å². The normalized spacial score (nSPS) is 10.9. The van der Waals surface area contributed by atoms with Gasteiger partial charge >= 0.3 is 0 Å². The van der Waals surface area contributed by atoms with Gasteiger partial charge < -0.3 is 4.42 Å². The minimum Gasteiger partial charge on any atom is -0.463 e. The Morgan fingerprint density at radius 3 is 2.59 bits per heavy atom. The fraction of sp³-hybridized carbons (Fsp3) is 0. The van der Waals surface area contributed by atoms with E-state index in [-0.39, 0.29) is 16.9 Å². The number of amides is 1. The molecule has 0 saturated carbocycles. The summed E-state index contributed by atoms with van der Waals surface area (Å²) in [5, 5.41) is 4.27. The third-order valence-corrected chi connectivity index (χ3v) is 3.11. The van der Waals surface area contributed by atoms with Crippen LogP contribution in [0.3, 0.4) is 0 Å². The second-order valence-corrected chi connectivity index (χ2v) is 4.58. The Kier molecular flexibility index (Phi) is 3.78. The fourth-order valence-corrected chi connectivity index (χ4v) is 2.00. The SMILES string of the molecule is O=C(N/N=C\c1coc2ccccc2c1=O)c1ccccc1. The number of fused-ring (bicyclic) bond motifs is 1. The van der Waals surface area contributed by atoms with Crippen LogP contribution in [0.2, 0.25) is 0 Å². The molecule has 3 rings (SSSR count). The summed E-state index contributed by atoms with van der Waals surface area (Å²) in [4.78, 5) is 24.0. The van der Waals surface area contributed by atoms with Crippen molar-refractivity contribution in [2.75, 3.05) is 0 Å². The van der Waals surface area contributed by atoms with Gasteiger partial charge in [-0.2, -0.15) is 5.10 Å². The summed E-state index contributed by atoms with van der Waals surface area (Å²) in [5.41, 5.74) is 3.45. The molecule has 108 valence electrons.